The molecule has 3 N–H and O–H groups in total. The molecule has 148 valence electrons. The van der Waals surface area contributed by atoms with Gasteiger partial charge in [0.05, 0.1) is 16.6 Å². The number of pyridine rings is 1. The molecule has 0 bridgehead atoms. The molecule has 2 aromatic carbocycles. The van der Waals surface area contributed by atoms with Crippen LogP contribution in [0.1, 0.15) is 11.4 Å². The molecule has 3 aromatic heterocycles. The van der Waals surface area contributed by atoms with Crippen molar-refractivity contribution in [2.45, 2.75) is 13.0 Å². The van der Waals surface area contributed by atoms with Crippen LogP contribution in [0.5, 0.6) is 0 Å². The van der Waals surface area contributed by atoms with Crippen molar-refractivity contribution in [3.05, 3.63) is 84.4 Å². The molecule has 0 saturated heterocycles. The fourth-order valence-electron chi connectivity index (χ4n) is 3.39. The molecule has 0 aliphatic heterocycles. The van der Waals surface area contributed by atoms with E-state index in [1.165, 1.54) is 0 Å². The number of H-pyrrole nitrogens is 1. The predicted octanol–water partition coefficient (Wildman–Crippen LogP) is 4.17. The van der Waals surface area contributed by atoms with Crippen molar-refractivity contribution in [3.63, 3.8) is 0 Å². The summed E-state index contributed by atoms with van der Waals surface area (Å²) in [5, 5.41) is 7.76. The average molecular weight is 395 g/mol. The van der Waals surface area contributed by atoms with Crippen LogP contribution in [0.4, 0.5) is 11.8 Å². The summed E-state index contributed by atoms with van der Waals surface area (Å²) in [6.07, 6.45) is 4.34. The number of benzene rings is 2. The SMILES string of the molecule is c1ccc2[nH]c(CCNc3nc(NCc4ccncc4)c4ccccc4n3)nc2c1. The maximum absolute atomic E-state index is 4.71. The standard InChI is InChI=1S/C23H21N7/c1-2-6-18-17(5-1)22(26-15-16-9-12-24-13-10-16)30-23(29-18)25-14-11-21-27-19-7-3-4-8-20(19)28-21/h1-10,12-13H,11,14-15H2,(H,27,28)(H2,25,26,29,30). The van der Waals surface area contributed by atoms with Gasteiger partial charge in [-0.15, -0.1) is 0 Å². The van der Waals surface area contributed by atoms with Gasteiger partial charge >= 0.3 is 0 Å². The van der Waals surface area contributed by atoms with Crippen LogP contribution in [-0.4, -0.2) is 31.5 Å². The number of hydrogen-bond acceptors (Lipinski definition) is 6. The van der Waals surface area contributed by atoms with E-state index >= 15 is 0 Å². The highest BCUT2D eigenvalue weighted by molar-refractivity contribution is 5.90. The third kappa shape index (κ3) is 3.91. The van der Waals surface area contributed by atoms with E-state index in [0.29, 0.717) is 19.0 Å². The van der Waals surface area contributed by atoms with Crippen LogP contribution in [-0.2, 0) is 13.0 Å². The van der Waals surface area contributed by atoms with Crippen LogP contribution in [0.2, 0.25) is 0 Å². The van der Waals surface area contributed by atoms with Gasteiger partial charge in [-0.25, -0.2) is 9.97 Å². The number of imidazole rings is 1. The van der Waals surface area contributed by atoms with E-state index < -0.39 is 0 Å². The Morgan fingerprint density at radius 1 is 0.767 bits per heavy atom. The van der Waals surface area contributed by atoms with Crippen LogP contribution in [0.3, 0.4) is 0 Å². The molecule has 0 aliphatic carbocycles. The van der Waals surface area contributed by atoms with E-state index in [1.807, 2.05) is 60.7 Å². The molecule has 0 spiro atoms. The molecule has 5 rings (SSSR count). The van der Waals surface area contributed by atoms with Crippen LogP contribution >= 0.6 is 0 Å². The quantitative estimate of drug-likeness (QED) is 0.383. The molecule has 0 radical (unpaired) electrons. The summed E-state index contributed by atoms with van der Waals surface area (Å²) in [5.74, 6) is 2.35. The first-order valence-corrected chi connectivity index (χ1v) is 9.92. The van der Waals surface area contributed by atoms with Gasteiger partial charge in [-0.05, 0) is 42.0 Å². The maximum atomic E-state index is 4.71. The molecule has 30 heavy (non-hydrogen) atoms. The van der Waals surface area contributed by atoms with Gasteiger partial charge in [-0.1, -0.05) is 24.3 Å². The van der Waals surface area contributed by atoms with Crippen LogP contribution in [0.15, 0.2) is 73.1 Å². The van der Waals surface area contributed by atoms with Crippen molar-refractivity contribution in [2.24, 2.45) is 0 Å². The smallest absolute Gasteiger partial charge is 0.225 e. The lowest BCUT2D eigenvalue weighted by molar-refractivity contribution is 0.920. The minimum atomic E-state index is 0.599. The third-order valence-electron chi connectivity index (χ3n) is 4.90. The minimum absolute atomic E-state index is 0.599. The highest BCUT2D eigenvalue weighted by Crippen LogP contribution is 2.22. The highest BCUT2D eigenvalue weighted by atomic mass is 15.1. The van der Waals surface area contributed by atoms with Gasteiger partial charge in [0.1, 0.15) is 11.6 Å². The van der Waals surface area contributed by atoms with Gasteiger partial charge in [-0.3, -0.25) is 4.98 Å². The summed E-state index contributed by atoms with van der Waals surface area (Å²) in [5.41, 5.74) is 4.08. The van der Waals surface area contributed by atoms with Crippen molar-refractivity contribution < 1.29 is 0 Å². The number of para-hydroxylation sites is 3. The number of fused-ring (bicyclic) bond motifs is 2. The van der Waals surface area contributed by atoms with Gasteiger partial charge in [-0.2, -0.15) is 4.98 Å². The van der Waals surface area contributed by atoms with E-state index in [1.54, 1.807) is 12.4 Å². The van der Waals surface area contributed by atoms with E-state index in [4.69, 9.17) is 4.98 Å². The zero-order chi connectivity index (χ0) is 20.2. The Hall–Kier alpha value is -4.00. The molecule has 7 nitrogen and oxygen atoms in total. The summed E-state index contributed by atoms with van der Waals surface area (Å²) in [7, 11) is 0. The van der Waals surface area contributed by atoms with E-state index in [0.717, 1.165) is 45.6 Å². The summed E-state index contributed by atoms with van der Waals surface area (Å²) < 4.78 is 0. The van der Waals surface area contributed by atoms with E-state index in [-0.39, 0.29) is 0 Å². The fraction of sp³-hybridized carbons (Fsp3) is 0.130. The molecule has 5 aromatic rings. The molecule has 0 unspecified atom stereocenters. The molecule has 0 atom stereocenters. The Balaban J connectivity index is 1.32. The van der Waals surface area contributed by atoms with Gasteiger partial charge < -0.3 is 15.6 Å². The lowest BCUT2D eigenvalue weighted by atomic mass is 10.2. The normalized spacial score (nSPS) is 11.1. The third-order valence-corrected chi connectivity index (χ3v) is 4.90. The second-order valence-corrected chi connectivity index (χ2v) is 7.00. The molecular formula is C23H21N7. The van der Waals surface area contributed by atoms with Crippen LogP contribution < -0.4 is 10.6 Å². The number of nitrogens with zero attached hydrogens (tertiary/aromatic N) is 4. The Morgan fingerprint density at radius 3 is 2.43 bits per heavy atom. The molecule has 7 heteroatoms. The minimum Gasteiger partial charge on any atom is -0.365 e. The lowest BCUT2D eigenvalue weighted by Gasteiger charge is -2.11. The number of nitrogens with one attached hydrogen (secondary N) is 3. The Bertz CT molecular complexity index is 1250. The van der Waals surface area contributed by atoms with Crippen molar-refractivity contribution in [1.29, 1.82) is 0 Å². The Labute approximate surface area is 173 Å². The molecular weight excluding hydrogens is 374 g/mol. The number of anilines is 2. The van der Waals surface area contributed by atoms with Crippen LogP contribution in [0.25, 0.3) is 21.9 Å². The largest absolute Gasteiger partial charge is 0.365 e. The number of hydrogen-bond donors (Lipinski definition) is 3. The monoisotopic (exact) mass is 395 g/mol. The van der Waals surface area contributed by atoms with Gasteiger partial charge in [0.2, 0.25) is 5.95 Å². The molecule has 0 amide bonds. The first-order valence-electron chi connectivity index (χ1n) is 9.92. The summed E-state index contributed by atoms with van der Waals surface area (Å²) in [6.45, 7) is 1.35. The number of aromatic nitrogens is 5. The van der Waals surface area contributed by atoms with Gasteiger partial charge in [0, 0.05) is 37.3 Å². The Kier molecular flexibility index (Phi) is 4.91. The molecule has 0 saturated carbocycles. The van der Waals surface area contributed by atoms with Crippen molar-refractivity contribution >= 4 is 33.7 Å². The zero-order valence-electron chi connectivity index (χ0n) is 16.3. The molecule has 3 heterocycles. The second-order valence-electron chi connectivity index (χ2n) is 7.00. The topological polar surface area (TPSA) is 91.4 Å². The lowest BCUT2D eigenvalue weighted by Crippen LogP contribution is -2.11. The van der Waals surface area contributed by atoms with Crippen molar-refractivity contribution in [3.8, 4) is 0 Å². The fourth-order valence-corrected chi connectivity index (χ4v) is 3.39. The first-order chi connectivity index (χ1) is 14.8. The summed E-state index contributed by atoms with van der Waals surface area (Å²) >= 11 is 0. The first kappa shape index (κ1) is 18.1. The van der Waals surface area contributed by atoms with Crippen LogP contribution in [0, 0.1) is 0 Å². The van der Waals surface area contributed by atoms with Crippen molar-refractivity contribution in [2.75, 3.05) is 17.2 Å². The zero-order valence-corrected chi connectivity index (χ0v) is 16.3. The van der Waals surface area contributed by atoms with E-state index in [2.05, 4.69) is 30.6 Å². The highest BCUT2D eigenvalue weighted by Gasteiger charge is 2.08. The summed E-state index contributed by atoms with van der Waals surface area (Å²) in [6, 6.07) is 20.0. The van der Waals surface area contributed by atoms with Gasteiger partial charge in [0.25, 0.3) is 0 Å². The number of aromatic amines is 1. The number of rotatable bonds is 7. The predicted molar refractivity (Wildman–Crippen MR) is 119 cm³/mol. The second kappa shape index (κ2) is 8.16. The van der Waals surface area contributed by atoms with E-state index in [9.17, 15) is 0 Å². The maximum Gasteiger partial charge on any atom is 0.225 e. The summed E-state index contributed by atoms with van der Waals surface area (Å²) in [4.78, 5) is 21.4. The average Bonchev–Trinajstić information content (AvgIpc) is 3.21. The molecule has 0 fully saturated rings. The van der Waals surface area contributed by atoms with Crippen molar-refractivity contribution in [1.82, 2.24) is 24.9 Å². The Morgan fingerprint density at radius 2 is 1.57 bits per heavy atom. The van der Waals surface area contributed by atoms with Gasteiger partial charge in [0.15, 0.2) is 0 Å². The molecule has 0 aliphatic rings.